The SMILES string of the molecule is O=C1CCN(c2cc(Cl)nc(-c3ccccc3)n2)CCN1. The highest BCUT2D eigenvalue weighted by atomic mass is 35.5. The second-order valence-electron chi connectivity index (χ2n) is 4.83. The molecular weight excluding hydrogens is 288 g/mol. The third-order valence-corrected chi connectivity index (χ3v) is 3.54. The van der Waals surface area contributed by atoms with E-state index in [4.69, 9.17) is 11.6 Å². The van der Waals surface area contributed by atoms with E-state index < -0.39 is 0 Å². The summed E-state index contributed by atoms with van der Waals surface area (Å²) in [6, 6.07) is 11.5. The van der Waals surface area contributed by atoms with Crippen LogP contribution in [0.5, 0.6) is 0 Å². The van der Waals surface area contributed by atoms with E-state index in [9.17, 15) is 4.79 Å². The minimum Gasteiger partial charge on any atom is -0.354 e. The molecule has 5 nitrogen and oxygen atoms in total. The fourth-order valence-corrected chi connectivity index (χ4v) is 2.46. The predicted octanol–water partition coefficient (Wildman–Crippen LogP) is 2.12. The number of carbonyl (C=O) groups excluding carboxylic acids is 1. The third kappa shape index (κ3) is 3.31. The molecule has 1 fully saturated rings. The molecule has 0 bridgehead atoms. The van der Waals surface area contributed by atoms with Gasteiger partial charge in [0.05, 0.1) is 0 Å². The molecule has 1 amide bonds. The maximum absolute atomic E-state index is 11.4. The molecule has 1 saturated heterocycles. The van der Waals surface area contributed by atoms with Gasteiger partial charge in [-0.1, -0.05) is 41.9 Å². The summed E-state index contributed by atoms with van der Waals surface area (Å²) in [4.78, 5) is 22.3. The second kappa shape index (κ2) is 6.10. The molecule has 3 rings (SSSR count). The van der Waals surface area contributed by atoms with Gasteiger partial charge in [0.15, 0.2) is 5.82 Å². The van der Waals surface area contributed by atoms with E-state index in [-0.39, 0.29) is 5.91 Å². The molecule has 1 aliphatic rings. The maximum atomic E-state index is 11.4. The van der Waals surface area contributed by atoms with Crippen LogP contribution in [0, 0.1) is 0 Å². The Bertz CT molecular complexity index is 647. The number of carbonyl (C=O) groups is 1. The molecule has 0 saturated carbocycles. The number of amides is 1. The Morgan fingerprint density at radius 3 is 2.76 bits per heavy atom. The summed E-state index contributed by atoms with van der Waals surface area (Å²) in [7, 11) is 0. The van der Waals surface area contributed by atoms with Gasteiger partial charge >= 0.3 is 0 Å². The minimum atomic E-state index is 0.0703. The molecular formula is C15H15ClN4O. The lowest BCUT2D eigenvalue weighted by molar-refractivity contribution is -0.120. The second-order valence-corrected chi connectivity index (χ2v) is 5.21. The zero-order chi connectivity index (χ0) is 14.7. The van der Waals surface area contributed by atoms with Crippen LogP contribution in [0.3, 0.4) is 0 Å². The first-order valence-electron chi connectivity index (χ1n) is 6.84. The summed E-state index contributed by atoms with van der Waals surface area (Å²) < 4.78 is 0. The van der Waals surface area contributed by atoms with Crippen molar-refractivity contribution in [3.63, 3.8) is 0 Å². The lowest BCUT2D eigenvalue weighted by atomic mass is 10.2. The van der Waals surface area contributed by atoms with Crippen LogP contribution in [0.4, 0.5) is 5.82 Å². The van der Waals surface area contributed by atoms with Crippen LogP contribution in [0.1, 0.15) is 6.42 Å². The van der Waals surface area contributed by atoms with Crippen LogP contribution in [-0.4, -0.2) is 35.5 Å². The first-order chi connectivity index (χ1) is 10.2. The number of hydrogen-bond donors (Lipinski definition) is 1. The van der Waals surface area contributed by atoms with Gasteiger partial charge in [-0.15, -0.1) is 0 Å². The number of benzene rings is 1. The van der Waals surface area contributed by atoms with Crippen molar-refractivity contribution in [3.05, 3.63) is 41.6 Å². The van der Waals surface area contributed by atoms with Crippen LogP contribution >= 0.6 is 11.6 Å². The summed E-state index contributed by atoms with van der Waals surface area (Å²) in [5.74, 6) is 1.42. The van der Waals surface area contributed by atoms with Gasteiger partial charge in [-0.25, -0.2) is 9.97 Å². The van der Waals surface area contributed by atoms with Gasteiger partial charge in [0.2, 0.25) is 5.91 Å². The molecule has 2 aromatic rings. The molecule has 0 atom stereocenters. The van der Waals surface area contributed by atoms with Crippen LogP contribution < -0.4 is 10.2 Å². The van der Waals surface area contributed by atoms with Crippen molar-refractivity contribution in [1.29, 1.82) is 0 Å². The van der Waals surface area contributed by atoms with Crippen LogP contribution in [0.15, 0.2) is 36.4 Å². The standard InChI is InChI=1S/C15H15ClN4O/c16-12-10-13(20-8-6-14(21)17-7-9-20)19-15(18-12)11-4-2-1-3-5-11/h1-5,10H,6-9H2,(H,17,21). The zero-order valence-electron chi connectivity index (χ0n) is 11.4. The van der Waals surface area contributed by atoms with E-state index in [1.807, 2.05) is 30.3 Å². The average Bonchev–Trinajstić information content (AvgIpc) is 2.72. The zero-order valence-corrected chi connectivity index (χ0v) is 12.2. The Morgan fingerprint density at radius 2 is 1.95 bits per heavy atom. The third-order valence-electron chi connectivity index (χ3n) is 3.35. The van der Waals surface area contributed by atoms with Crippen molar-refractivity contribution in [3.8, 4) is 11.4 Å². The summed E-state index contributed by atoms with van der Waals surface area (Å²) >= 11 is 6.13. The van der Waals surface area contributed by atoms with Crippen molar-refractivity contribution in [2.45, 2.75) is 6.42 Å². The smallest absolute Gasteiger partial charge is 0.221 e. The molecule has 1 aliphatic heterocycles. The highest BCUT2D eigenvalue weighted by Gasteiger charge is 2.16. The van der Waals surface area contributed by atoms with E-state index >= 15 is 0 Å². The molecule has 2 heterocycles. The van der Waals surface area contributed by atoms with Gasteiger partial charge < -0.3 is 10.2 Å². The number of hydrogen-bond acceptors (Lipinski definition) is 4. The fraction of sp³-hybridized carbons (Fsp3) is 0.267. The predicted molar refractivity (Wildman–Crippen MR) is 82.3 cm³/mol. The molecule has 1 aromatic heterocycles. The molecule has 0 aliphatic carbocycles. The van der Waals surface area contributed by atoms with E-state index in [1.54, 1.807) is 6.07 Å². The number of anilines is 1. The molecule has 0 unspecified atom stereocenters. The first kappa shape index (κ1) is 13.8. The van der Waals surface area contributed by atoms with Crippen molar-refractivity contribution in [2.75, 3.05) is 24.5 Å². The normalized spacial score (nSPS) is 15.5. The highest BCUT2D eigenvalue weighted by molar-refractivity contribution is 6.29. The van der Waals surface area contributed by atoms with Crippen LogP contribution in [0.2, 0.25) is 5.15 Å². The van der Waals surface area contributed by atoms with Crippen molar-refractivity contribution >= 4 is 23.3 Å². The Labute approximate surface area is 128 Å². The number of aromatic nitrogens is 2. The number of nitrogens with one attached hydrogen (secondary N) is 1. The molecule has 21 heavy (non-hydrogen) atoms. The summed E-state index contributed by atoms with van der Waals surface area (Å²) in [5, 5.41) is 3.25. The number of nitrogens with zero attached hydrogens (tertiary/aromatic N) is 3. The van der Waals surface area contributed by atoms with E-state index in [0.29, 0.717) is 37.0 Å². The van der Waals surface area contributed by atoms with E-state index in [1.165, 1.54) is 0 Å². The molecule has 108 valence electrons. The lowest BCUT2D eigenvalue weighted by Gasteiger charge is -2.21. The molecule has 6 heteroatoms. The maximum Gasteiger partial charge on any atom is 0.221 e. The number of halogens is 1. The van der Waals surface area contributed by atoms with Gasteiger partial charge in [-0.3, -0.25) is 4.79 Å². The lowest BCUT2D eigenvalue weighted by Crippen LogP contribution is -2.29. The number of rotatable bonds is 2. The van der Waals surface area contributed by atoms with Crippen LogP contribution in [-0.2, 0) is 4.79 Å². The van der Waals surface area contributed by atoms with Crippen LogP contribution in [0.25, 0.3) is 11.4 Å². The van der Waals surface area contributed by atoms with Gasteiger partial charge in [0, 0.05) is 37.7 Å². The molecule has 1 N–H and O–H groups in total. The van der Waals surface area contributed by atoms with Gasteiger partial charge in [-0.05, 0) is 0 Å². The van der Waals surface area contributed by atoms with Crippen molar-refractivity contribution in [2.24, 2.45) is 0 Å². The topological polar surface area (TPSA) is 58.1 Å². The van der Waals surface area contributed by atoms with Crippen molar-refractivity contribution in [1.82, 2.24) is 15.3 Å². The molecule has 0 radical (unpaired) electrons. The van der Waals surface area contributed by atoms with Crippen molar-refractivity contribution < 1.29 is 4.79 Å². The quantitative estimate of drug-likeness (QED) is 0.863. The first-order valence-corrected chi connectivity index (χ1v) is 7.22. The Hall–Kier alpha value is -2.14. The monoisotopic (exact) mass is 302 g/mol. The Morgan fingerprint density at radius 1 is 1.14 bits per heavy atom. The van der Waals surface area contributed by atoms with Gasteiger partial charge in [0.25, 0.3) is 0 Å². The van der Waals surface area contributed by atoms with E-state index in [2.05, 4.69) is 20.2 Å². The van der Waals surface area contributed by atoms with E-state index in [0.717, 1.165) is 11.4 Å². The van der Waals surface area contributed by atoms with Gasteiger partial charge in [-0.2, -0.15) is 0 Å². The minimum absolute atomic E-state index is 0.0703. The summed E-state index contributed by atoms with van der Waals surface area (Å²) in [6.45, 7) is 1.96. The summed E-state index contributed by atoms with van der Waals surface area (Å²) in [5.41, 5.74) is 0.922. The van der Waals surface area contributed by atoms with Gasteiger partial charge in [0.1, 0.15) is 11.0 Å². The molecule has 1 aromatic carbocycles. The fourth-order valence-electron chi connectivity index (χ4n) is 2.28. The highest BCUT2D eigenvalue weighted by Crippen LogP contribution is 2.22. The summed E-state index contributed by atoms with van der Waals surface area (Å²) in [6.07, 6.45) is 0.461. The molecule has 0 spiro atoms. The Balaban J connectivity index is 1.92. The largest absolute Gasteiger partial charge is 0.354 e. The Kier molecular flexibility index (Phi) is 4.01. The average molecular weight is 303 g/mol.